The molecule has 3 amide bonds. The van der Waals surface area contributed by atoms with E-state index in [-0.39, 0.29) is 13.3 Å². The molecular formula is C18H16N2O7. The summed E-state index contributed by atoms with van der Waals surface area (Å²) in [6.07, 6.45) is 4.15. The Morgan fingerprint density at radius 3 is 2.81 bits per heavy atom. The summed E-state index contributed by atoms with van der Waals surface area (Å²) in [5.41, 5.74) is 0.706. The summed E-state index contributed by atoms with van der Waals surface area (Å²) < 4.78 is 20.2. The van der Waals surface area contributed by atoms with Crippen LogP contribution < -0.4 is 20.1 Å². The van der Waals surface area contributed by atoms with E-state index in [1.165, 1.54) is 18.4 Å². The SMILES string of the molecule is O=C(COC(=O)/C=C/c1ccc2c(c1)OCO2)NC(=O)NCc1ccco1. The molecule has 0 atom stereocenters. The standard InChI is InChI=1S/C18H16N2O7/c21-16(20-18(23)19-9-13-2-1-7-24-13)10-25-17(22)6-4-12-3-5-14-15(8-12)27-11-26-14/h1-8H,9-11H2,(H2,19,20,21,23)/b6-4+. The molecule has 9 heteroatoms. The number of hydrogen-bond acceptors (Lipinski definition) is 7. The lowest BCUT2D eigenvalue weighted by Crippen LogP contribution is -2.41. The van der Waals surface area contributed by atoms with Crippen LogP contribution in [-0.4, -0.2) is 31.3 Å². The smallest absolute Gasteiger partial charge is 0.331 e. The van der Waals surface area contributed by atoms with E-state index in [4.69, 9.17) is 18.6 Å². The maximum Gasteiger partial charge on any atom is 0.331 e. The van der Waals surface area contributed by atoms with E-state index < -0.39 is 24.5 Å². The number of rotatable bonds is 6. The average molecular weight is 372 g/mol. The van der Waals surface area contributed by atoms with E-state index in [9.17, 15) is 14.4 Å². The van der Waals surface area contributed by atoms with Crippen LogP contribution in [0.5, 0.6) is 11.5 Å². The monoisotopic (exact) mass is 372 g/mol. The number of imide groups is 1. The van der Waals surface area contributed by atoms with Crippen molar-refractivity contribution in [2.75, 3.05) is 13.4 Å². The molecular weight excluding hydrogens is 356 g/mol. The first-order valence-corrected chi connectivity index (χ1v) is 7.95. The zero-order chi connectivity index (χ0) is 19.1. The van der Waals surface area contributed by atoms with E-state index in [1.54, 1.807) is 30.3 Å². The largest absolute Gasteiger partial charge is 0.467 e. The summed E-state index contributed by atoms with van der Waals surface area (Å²) >= 11 is 0. The van der Waals surface area contributed by atoms with Crippen molar-refractivity contribution in [3.05, 3.63) is 54.0 Å². The predicted molar refractivity (Wildman–Crippen MR) is 91.6 cm³/mol. The highest BCUT2D eigenvalue weighted by Crippen LogP contribution is 2.32. The third-order valence-corrected chi connectivity index (χ3v) is 3.41. The minimum Gasteiger partial charge on any atom is -0.467 e. The number of urea groups is 1. The van der Waals surface area contributed by atoms with Crippen molar-refractivity contribution in [3.8, 4) is 11.5 Å². The van der Waals surface area contributed by atoms with Crippen LogP contribution in [0.15, 0.2) is 47.1 Å². The number of amides is 3. The Bertz CT molecular complexity index is 859. The summed E-state index contributed by atoms with van der Waals surface area (Å²) in [6, 6.07) is 7.81. The van der Waals surface area contributed by atoms with Crippen molar-refractivity contribution in [1.82, 2.24) is 10.6 Å². The zero-order valence-corrected chi connectivity index (χ0v) is 14.1. The van der Waals surface area contributed by atoms with E-state index >= 15 is 0 Å². The quantitative estimate of drug-likeness (QED) is 0.584. The minimum atomic E-state index is -0.753. The maximum absolute atomic E-state index is 11.7. The molecule has 1 aliphatic heterocycles. The molecule has 0 unspecified atom stereocenters. The second-order valence-electron chi connectivity index (χ2n) is 5.36. The van der Waals surface area contributed by atoms with Gasteiger partial charge in [-0.1, -0.05) is 6.07 Å². The second-order valence-corrected chi connectivity index (χ2v) is 5.36. The van der Waals surface area contributed by atoms with E-state index in [2.05, 4.69) is 5.32 Å². The Morgan fingerprint density at radius 2 is 2.00 bits per heavy atom. The van der Waals surface area contributed by atoms with Crippen molar-refractivity contribution in [2.24, 2.45) is 0 Å². The Kier molecular flexibility index (Phi) is 5.73. The molecule has 0 saturated carbocycles. The lowest BCUT2D eigenvalue weighted by molar-refractivity contribution is -0.143. The number of benzene rings is 1. The van der Waals surface area contributed by atoms with E-state index in [0.717, 1.165) is 0 Å². The van der Waals surface area contributed by atoms with E-state index in [1.807, 2.05) is 5.32 Å². The van der Waals surface area contributed by atoms with Crippen LogP contribution in [0.25, 0.3) is 6.08 Å². The Hall–Kier alpha value is -3.75. The molecule has 0 bridgehead atoms. The molecule has 0 aliphatic carbocycles. The fourth-order valence-corrected chi connectivity index (χ4v) is 2.15. The molecule has 1 aliphatic rings. The lowest BCUT2D eigenvalue weighted by Gasteiger charge is -2.05. The number of carbonyl (C=O) groups is 3. The number of esters is 1. The summed E-state index contributed by atoms with van der Waals surface area (Å²) in [5, 5.41) is 4.47. The molecule has 1 aromatic heterocycles. The molecule has 9 nitrogen and oxygen atoms in total. The molecule has 0 saturated heterocycles. The molecule has 2 heterocycles. The number of hydrogen-bond donors (Lipinski definition) is 2. The van der Waals surface area contributed by atoms with Crippen LogP contribution in [0, 0.1) is 0 Å². The lowest BCUT2D eigenvalue weighted by atomic mass is 10.2. The summed E-state index contributed by atoms with van der Waals surface area (Å²) in [4.78, 5) is 34.8. The number of ether oxygens (including phenoxy) is 3. The van der Waals surface area contributed by atoms with Gasteiger partial charge >= 0.3 is 12.0 Å². The van der Waals surface area contributed by atoms with Gasteiger partial charge in [-0.05, 0) is 35.9 Å². The van der Waals surface area contributed by atoms with Gasteiger partial charge in [-0.15, -0.1) is 0 Å². The molecule has 0 fully saturated rings. The molecule has 1 aromatic carbocycles. The fraction of sp³-hybridized carbons (Fsp3) is 0.167. The molecule has 0 radical (unpaired) electrons. The van der Waals surface area contributed by atoms with Gasteiger partial charge in [-0.2, -0.15) is 0 Å². The van der Waals surface area contributed by atoms with E-state index in [0.29, 0.717) is 22.8 Å². The van der Waals surface area contributed by atoms with Gasteiger partial charge < -0.3 is 23.9 Å². The highest BCUT2D eigenvalue weighted by atomic mass is 16.7. The molecule has 140 valence electrons. The predicted octanol–water partition coefficient (Wildman–Crippen LogP) is 1.59. The Balaban J connectivity index is 1.38. The van der Waals surface area contributed by atoms with Crippen LogP contribution in [0.2, 0.25) is 0 Å². The van der Waals surface area contributed by atoms with Gasteiger partial charge in [-0.3, -0.25) is 10.1 Å². The van der Waals surface area contributed by atoms with Gasteiger partial charge in [0.15, 0.2) is 18.1 Å². The van der Waals surface area contributed by atoms with Crippen LogP contribution in [-0.2, 0) is 20.9 Å². The molecule has 2 N–H and O–H groups in total. The van der Waals surface area contributed by atoms with Gasteiger partial charge in [0.1, 0.15) is 5.76 Å². The van der Waals surface area contributed by atoms with Gasteiger partial charge in [0.25, 0.3) is 5.91 Å². The first kappa shape index (κ1) is 18.1. The number of furan rings is 1. The molecule has 3 rings (SSSR count). The summed E-state index contributed by atoms with van der Waals surface area (Å²) in [5.74, 6) is 0.287. The third-order valence-electron chi connectivity index (χ3n) is 3.41. The first-order chi connectivity index (χ1) is 13.1. The fourth-order valence-electron chi connectivity index (χ4n) is 2.15. The Labute approximate surface area is 153 Å². The van der Waals surface area contributed by atoms with Crippen LogP contribution in [0.4, 0.5) is 4.79 Å². The van der Waals surface area contributed by atoms with Crippen LogP contribution in [0.3, 0.4) is 0 Å². The zero-order valence-electron chi connectivity index (χ0n) is 14.1. The van der Waals surface area contributed by atoms with Gasteiger partial charge in [-0.25, -0.2) is 9.59 Å². The topological polar surface area (TPSA) is 116 Å². The van der Waals surface area contributed by atoms with Crippen LogP contribution in [0.1, 0.15) is 11.3 Å². The number of nitrogens with one attached hydrogen (secondary N) is 2. The second kappa shape index (κ2) is 8.56. The molecule has 2 aromatic rings. The normalized spacial score (nSPS) is 12.0. The number of fused-ring (bicyclic) bond motifs is 1. The van der Waals surface area contributed by atoms with Crippen LogP contribution >= 0.6 is 0 Å². The van der Waals surface area contributed by atoms with Crippen molar-refractivity contribution in [1.29, 1.82) is 0 Å². The van der Waals surface area contributed by atoms with Gasteiger partial charge in [0.05, 0.1) is 12.8 Å². The van der Waals surface area contributed by atoms with Gasteiger partial charge in [0.2, 0.25) is 6.79 Å². The van der Waals surface area contributed by atoms with Crippen molar-refractivity contribution in [2.45, 2.75) is 6.54 Å². The molecule has 27 heavy (non-hydrogen) atoms. The molecule has 0 spiro atoms. The van der Waals surface area contributed by atoms with Gasteiger partial charge in [0, 0.05) is 6.08 Å². The average Bonchev–Trinajstić information content (AvgIpc) is 3.34. The highest BCUT2D eigenvalue weighted by Gasteiger charge is 2.13. The third kappa shape index (κ3) is 5.36. The Morgan fingerprint density at radius 1 is 1.15 bits per heavy atom. The summed E-state index contributed by atoms with van der Waals surface area (Å²) in [7, 11) is 0. The highest BCUT2D eigenvalue weighted by molar-refractivity contribution is 5.96. The van der Waals surface area contributed by atoms with Crippen molar-refractivity contribution >= 4 is 24.0 Å². The minimum absolute atomic E-state index is 0.129. The van der Waals surface area contributed by atoms with Crippen molar-refractivity contribution < 1.29 is 33.0 Å². The van der Waals surface area contributed by atoms with Crippen molar-refractivity contribution in [3.63, 3.8) is 0 Å². The number of carbonyl (C=O) groups excluding carboxylic acids is 3. The maximum atomic E-state index is 11.7. The summed E-state index contributed by atoms with van der Waals surface area (Å²) in [6.45, 7) is -0.294. The first-order valence-electron chi connectivity index (χ1n) is 7.95.